The third-order valence-corrected chi connectivity index (χ3v) is 6.26. The monoisotopic (exact) mass is 515 g/mol. The average molecular weight is 516 g/mol. The van der Waals surface area contributed by atoms with Gasteiger partial charge < -0.3 is 19.9 Å². The minimum atomic E-state index is -4.39. The number of ether oxygens (including phenoxy) is 1. The molecule has 1 aliphatic heterocycles. The number of guanidine groups is 1. The molecular formula is C25H21ClF3N5O2. The van der Waals surface area contributed by atoms with Gasteiger partial charge in [0.05, 0.1) is 5.56 Å². The van der Waals surface area contributed by atoms with E-state index in [1.807, 2.05) is 35.2 Å². The van der Waals surface area contributed by atoms with E-state index in [9.17, 15) is 13.2 Å². The van der Waals surface area contributed by atoms with Crippen molar-refractivity contribution in [1.29, 1.82) is 0 Å². The molecule has 0 spiro atoms. The zero-order valence-corrected chi connectivity index (χ0v) is 19.6. The lowest BCUT2D eigenvalue weighted by atomic mass is 10.1. The molecule has 1 aromatic heterocycles. The van der Waals surface area contributed by atoms with Crippen molar-refractivity contribution in [2.75, 3.05) is 6.54 Å². The van der Waals surface area contributed by atoms with Crippen LogP contribution in [0.4, 0.5) is 13.2 Å². The van der Waals surface area contributed by atoms with Crippen LogP contribution in [0.1, 0.15) is 35.9 Å². The van der Waals surface area contributed by atoms with Gasteiger partial charge in [0.2, 0.25) is 17.7 Å². The number of fused-ring (bicyclic) bond motifs is 1. The van der Waals surface area contributed by atoms with Crippen molar-refractivity contribution in [3.63, 3.8) is 0 Å². The van der Waals surface area contributed by atoms with Gasteiger partial charge >= 0.3 is 6.18 Å². The molecule has 11 heteroatoms. The highest BCUT2D eigenvalue weighted by molar-refractivity contribution is 6.19. The van der Waals surface area contributed by atoms with E-state index in [-0.39, 0.29) is 18.6 Å². The summed E-state index contributed by atoms with van der Waals surface area (Å²) in [4.78, 5) is 6.40. The van der Waals surface area contributed by atoms with Gasteiger partial charge in [-0.2, -0.15) is 18.2 Å². The Balaban J connectivity index is 1.31. The van der Waals surface area contributed by atoms with E-state index in [1.165, 1.54) is 6.07 Å². The second kappa shape index (κ2) is 9.69. The van der Waals surface area contributed by atoms with Gasteiger partial charge in [0, 0.05) is 23.9 Å². The second-order valence-corrected chi connectivity index (χ2v) is 8.63. The van der Waals surface area contributed by atoms with Gasteiger partial charge in [-0.05, 0) is 59.5 Å². The van der Waals surface area contributed by atoms with Crippen LogP contribution in [0.15, 0.2) is 69.7 Å². The first kappa shape index (κ1) is 23.9. The molecule has 186 valence electrons. The molecule has 4 aromatic rings. The Morgan fingerprint density at radius 3 is 2.75 bits per heavy atom. The minimum Gasteiger partial charge on any atom is -0.489 e. The fourth-order valence-corrected chi connectivity index (χ4v) is 4.39. The van der Waals surface area contributed by atoms with E-state index in [0.717, 1.165) is 41.3 Å². The Morgan fingerprint density at radius 1 is 1.14 bits per heavy atom. The maximum absolute atomic E-state index is 12.9. The van der Waals surface area contributed by atoms with Gasteiger partial charge in [-0.25, -0.2) is 0 Å². The quantitative estimate of drug-likeness (QED) is 0.255. The van der Waals surface area contributed by atoms with Crippen molar-refractivity contribution >= 4 is 28.5 Å². The zero-order valence-electron chi connectivity index (χ0n) is 18.9. The first-order valence-corrected chi connectivity index (χ1v) is 11.5. The first-order chi connectivity index (χ1) is 17.3. The molecule has 0 amide bonds. The topological polar surface area (TPSA) is 89.8 Å². The van der Waals surface area contributed by atoms with E-state index in [4.69, 9.17) is 26.8 Å². The molecule has 0 saturated carbocycles. The van der Waals surface area contributed by atoms with Gasteiger partial charge in [0.25, 0.3) is 0 Å². The molecule has 0 radical (unpaired) electrons. The summed E-state index contributed by atoms with van der Waals surface area (Å²) in [5.41, 5.74) is 6.39. The Hall–Kier alpha value is -3.79. The summed E-state index contributed by atoms with van der Waals surface area (Å²) < 4.78 is 53.6. The Morgan fingerprint density at radius 2 is 1.94 bits per heavy atom. The van der Waals surface area contributed by atoms with Gasteiger partial charge in [0.1, 0.15) is 18.4 Å². The summed E-state index contributed by atoms with van der Waals surface area (Å²) in [6.07, 6.45) is -2.68. The van der Waals surface area contributed by atoms with Crippen molar-refractivity contribution in [2.45, 2.75) is 31.7 Å². The lowest BCUT2D eigenvalue weighted by Gasteiger charge is -2.21. The highest BCUT2D eigenvalue weighted by Crippen LogP contribution is 2.33. The Labute approximate surface area is 209 Å². The van der Waals surface area contributed by atoms with Crippen LogP contribution in [-0.4, -0.2) is 27.5 Å². The van der Waals surface area contributed by atoms with Crippen molar-refractivity contribution in [3.05, 3.63) is 77.7 Å². The minimum absolute atomic E-state index is 0.0241. The van der Waals surface area contributed by atoms with Gasteiger partial charge in [-0.1, -0.05) is 35.5 Å². The lowest BCUT2D eigenvalue weighted by molar-refractivity contribution is -0.137. The van der Waals surface area contributed by atoms with E-state index in [2.05, 4.69) is 14.7 Å². The zero-order chi connectivity index (χ0) is 25.3. The predicted molar refractivity (Wildman–Crippen MR) is 129 cm³/mol. The SMILES string of the molecule is NC(=NCl)N1CCC[C@H]1c1nc(-c2ccc3cc(OCc4cccc(C(F)(F)F)c4)ccc3c2)no1. The molecule has 1 atom stereocenters. The number of nitrogens with two attached hydrogens (primary N) is 1. The molecule has 1 fully saturated rings. The summed E-state index contributed by atoms with van der Waals surface area (Å²) in [5.74, 6) is 1.67. The second-order valence-electron chi connectivity index (χ2n) is 8.46. The Kier molecular flexibility index (Phi) is 6.44. The Bertz CT molecular complexity index is 1420. The number of rotatable bonds is 5. The number of likely N-dealkylation sites (tertiary alicyclic amines) is 1. The summed E-state index contributed by atoms with van der Waals surface area (Å²) in [5, 5.41) is 5.95. The van der Waals surface area contributed by atoms with Crippen LogP contribution >= 0.6 is 11.8 Å². The van der Waals surface area contributed by atoms with Crippen LogP contribution in [0.2, 0.25) is 0 Å². The highest BCUT2D eigenvalue weighted by Gasteiger charge is 2.32. The van der Waals surface area contributed by atoms with Crippen LogP contribution in [0, 0.1) is 0 Å². The molecule has 2 heterocycles. The van der Waals surface area contributed by atoms with Crippen LogP contribution < -0.4 is 10.5 Å². The van der Waals surface area contributed by atoms with Crippen molar-refractivity contribution in [3.8, 4) is 17.1 Å². The molecule has 0 bridgehead atoms. The van der Waals surface area contributed by atoms with Crippen molar-refractivity contribution in [2.24, 2.45) is 10.2 Å². The van der Waals surface area contributed by atoms with Gasteiger partial charge in [-0.15, -0.1) is 4.51 Å². The molecule has 1 aliphatic rings. The smallest absolute Gasteiger partial charge is 0.416 e. The van der Waals surface area contributed by atoms with E-state index in [1.54, 1.807) is 12.1 Å². The van der Waals surface area contributed by atoms with Crippen LogP contribution in [-0.2, 0) is 12.8 Å². The number of aromatic nitrogens is 2. The third-order valence-electron chi connectivity index (χ3n) is 6.09. The maximum Gasteiger partial charge on any atom is 0.416 e. The first-order valence-electron chi connectivity index (χ1n) is 11.2. The van der Waals surface area contributed by atoms with Gasteiger partial charge in [-0.3, -0.25) is 0 Å². The molecule has 5 rings (SSSR count). The lowest BCUT2D eigenvalue weighted by Crippen LogP contribution is -2.36. The van der Waals surface area contributed by atoms with E-state index >= 15 is 0 Å². The normalized spacial score (nSPS) is 16.6. The van der Waals surface area contributed by atoms with Crippen molar-refractivity contribution < 1.29 is 22.4 Å². The highest BCUT2D eigenvalue weighted by atomic mass is 35.5. The van der Waals surface area contributed by atoms with Crippen molar-refractivity contribution in [1.82, 2.24) is 15.0 Å². The van der Waals surface area contributed by atoms with E-state index in [0.29, 0.717) is 29.6 Å². The van der Waals surface area contributed by atoms with Gasteiger partial charge in [0.15, 0.2) is 0 Å². The molecule has 0 unspecified atom stereocenters. The number of hydrogen-bond donors (Lipinski definition) is 1. The molecule has 0 aliphatic carbocycles. The molecule has 36 heavy (non-hydrogen) atoms. The average Bonchev–Trinajstić information content (AvgIpc) is 3.56. The predicted octanol–water partition coefficient (Wildman–Crippen LogP) is 6.09. The molecule has 7 nitrogen and oxygen atoms in total. The molecule has 2 N–H and O–H groups in total. The molecule has 1 saturated heterocycles. The summed E-state index contributed by atoms with van der Waals surface area (Å²) in [7, 11) is 0. The largest absolute Gasteiger partial charge is 0.489 e. The molecular weight excluding hydrogens is 495 g/mol. The number of hydrogen-bond acceptors (Lipinski definition) is 5. The number of nitrogens with zero attached hydrogens (tertiary/aromatic N) is 4. The molecule has 3 aromatic carbocycles. The number of alkyl halides is 3. The standard InChI is InChI=1S/C25H21ClF3N5O2/c26-32-24(30)34-10-2-5-21(34)23-31-22(33-36-23)18-7-6-17-13-20(9-8-16(17)12-18)35-14-15-3-1-4-19(11-15)25(27,28)29/h1,3-4,6-9,11-13,21H,2,5,10,14H2,(H2,30,32)/t21-/m0/s1. The number of halogens is 4. The van der Waals surface area contributed by atoms with Crippen LogP contribution in [0.25, 0.3) is 22.2 Å². The third kappa shape index (κ3) is 4.94. The maximum atomic E-state index is 12.9. The van der Waals surface area contributed by atoms with E-state index < -0.39 is 11.7 Å². The summed E-state index contributed by atoms with van der Waals surface area (Å²) in [6.45, 7) is 0.731. The fraction of sp³-hybridized carbons (Fsp3) is 0.240. The van der Waals surface area contributed by atoms with Crippen LogP contribution in [0.5, 0.6) is 5.75 Å². The fourth-order valence-electron chi connectivity index (χ4n) is 4.29. The summed E-state index contributed by atoms with van der Waals surface area (Å²) in [6, 6.07) is 16.1. The summed E-state index contributed by atoms with van der Waals surface area (Å²) >= 11 is 5.53. The van der Waals surface area contributed by atoms with Crippen LogP contribution in [0.3, 0.4) is 0 Å². The number of benzene rings is 3.